The lowest BCUT2D eigenvalue weighted by Crippen LogP contribution is -2.50. The van der Waals surface area contributed by atoms with Gasteiger partial charge in [0.2, 0.25) is 0 Å². The van der Waals surface area contributed by atoms with Gasteiger partial charge in [-0.15, -0.1) is 0 Å². The number of methoxy groups -OCH3 is 1. The first-order chi connectivity index (χ1) is 8.91. The van der Waals surface area contributed by atoms with Crippen molar-refractivity contribution in [1.29, 1.82) is 5.26 Å². The van der Waals surface area contributed by atoms with Gasteiger partial charge in [0.05, 0.1) is 12.7 Å². The van der Waals surface area contributed by atoms with Crippen molar-refractivity contribution in [3.8, 4) is 6.07 Å². The Labute approximate surface area is 118 Å². The van der Waals surface area contributed by atoms with Gasteiger partial charge in [0.15, 0.2) is 0 Å². The largest absolute Gasteiger partial charge is 0.383 e. The summed E-state index contributed by atoms with van der Waals surface area (Å²) >= 11 is 0. The van der Waals surface area contributed by atoms with Crippen molar-refractivity contribution in [2.45, 2.75) is 70.6 Å². The van der Waals surface area contributed by atoms with E-state index in [1.807, 2.05) is 6.92 Å². The van der Waals surface area contributed by atoms with E-state index in [9.17, 15) is 5.26 Å². The fourth-order valence-corrected chi connectivity index (χ4v) is 2.71. The van der Waals surface area contributed by atoms with E-state index in [0.29, 0.717) is 18.1 Å². The van der Waals surface area contributed by atoms with Gasteiger partial charge < -0.3 is 4.74 Å². The maximum Gasteiger partial charge on any atom is 0.105 e. The standard InChI is InChI=1S/C15H29N3O/c1-12(2)18(8-9-19-5)13(3)10-15(4,11-16)17-14-6-7-14/h12-14,17H,6-10H2,1-5H3. The number of ether oxygens (including phenoxy) is 1. The van der Waals surface area contributed by atoms with Crippen LogP contribution >= 0.6 is 0 Å². The lowest BCUT2D eigenvalue weighted by molar-refractivity contribution is 0.0900. The molecule has 2 unspecified atom stereocenters. The molecule has 0 radical (unpaired) electrons. The highest BCUT2D eigenvalue weighted by atomic mass is 16.5. The molecule has 19 heavy (non-hydrogen) atoms. The molecule has 0 spiro atoms. The van der Waals surface area contributed by atoms with Crippen molar-refractivity contribution in [1.82, 2.24) is 10.2 Å². The summed E-state index contributed by atoms with van der Waals surface area (Å²) in [6, 6.07) is 3.85. The Morgan fingerprint density at radius 3 is 2.47 bits per heavy atom. The van der Waals surface area contributed by atoms with E-state index >= 15 is 0 Å². The second-order valence-corrected chi connectivity index (χ2v) is 6.24. The Kier molecular flexibility index (Phi) is 6.25. The van der Waals surface area contributed by atoms with Crippen LogP contribution in [0.5, 0.6) is 0 Å². The van der Waals surface area contributed by atoms with Crippen molar-refractivity contribution in [3.63, 3.8) is 0 Å². The lowest BCUT2D eigenvalue weighted by Gasteiger charge is -2.36. The first-order valence-corrected chi connectivity index (χ1v) is 7.35. The minimum absolute atomic E-state index is 0.367. The highest BCUT2D eigenvalue weighted by Crippen LogP contribution is 2.25. The van der Waals surface area contributed by atoms with Crippen LogP contribution in [0.3, 0.4) is 0 Å². The maximum absolute atomic E-state index is 9.45. The van der Waals surface area contributed by atoms with Crippen LogP contribution in [0.2, 0.25) is 0 Å². The number of hydrogen-bond acceptors (Lipinski definition) is 4. The molecule has 0 aliphatic heterocycles. The zero-order chi connectivity index (χ0) is 14.5. The molecule has 4 nitrogen and oxygen atoms in total. The average molecular weight is 267 g/mol. The molecule has 1 N–H and O–H groups in total. The summed E-state index contributed by atoms with van der Waals surface area (Å²) in [7, 11) is 1.73. The van der Waals surface area contributed by atoms with E-state index < -0.39 is 5.54 Å². The fourth-order valence-electron chi connectivity index (χ4n) is 2.71. The Balaban J connectivity index is 2.57. The van der Waals surface area contributed by atoms with Gasteiger partial charge in [-0.25, -0.2) is 0 Å². The van der Waals surface area contributed by atoms with E-state index in [4.69, 9.17) is 4.74 Å². The molecule has 1 aliphatic carbocycles. The van der Waals surface area contributed by atoms with Crippen LogP contribution in [0.15, 0.2) is 0 Å². The SMILES string of the molecule is COCCN(C(C)C)C(C)CC(C)(C#N)NC1CC1. The van der Waals surface area contributed by atoms with Crippen LogP contribution in [0.1, 0.15) is 47.0 Å². The molecule has 1 rings (SSSR count). The molecule has 1 aliphatic rings. The summed E-state index contributed by atoms with van der Waals surface area (Å²) in [5.74, 6) is 0. The molecule has 0 saturated heterocycles. The third-order valence-corrected chi connectivity index (χ3v) is 3.83. The minimum atomic E-state index is -0.416. The monoisotopic (exact) mass is 267 g/mol. The highest BCUT2D eigenvalue weighted by molar-refractivity contribution is 5.08. The molecule has 0 aromatic heterocycles. The molecule has 4 heteroatoms. The molecule has 1 saturated carbocycles. The Morgan fingerprint density at radius 1 is 1.42 bits per heavy atom. The number of rotatable bonds is 9. The summed E-state index contributed by atoms with van der Waals surface area (Å²) < 4.78 is 5.18. The molecule has 2 atom stereocenters. The fraction of sp³-hybridized carbons (Fsp3) is 0.933. The van der Waals surface area contributed by atoms with Crippen LogP contribution in [-0.2, 0) is 4.74 Å². The smallest absolute Gasteiger partial charge is 0.105 e. The molecule has 110 valence electrons. The summed E-state index contributed by atoms with van der Waals surface area (Å²) in [5, 5.41) is 12.9. The molecule has 0 heterocycles. The van der Waals surface area contributed by atoms with Gasteiger partial charge in [-0.3, -0.25) is 10.2 Å². The van der Waals surface area contributed by atoms with Gasteiger partial charge in [0.25, 0.3) is 0 Å². The van der Waals surface area contributed by atoms with Gasteiger partial charge >= 0.3 is 0 Å². The van der Waals surface area contributed by atoms with Gasteiger partial charge in [-0.2, -0.15) is 5.26 Å². The van der Waals surface area contributed by atoms with Gasteiger partial charge in [-0.05, 0) is 47.0 Å². The van der Waals surface area contributed by atoms with E-state index in [1.54, 1.807) is 7.11 Å². The van der Waals surface area contributed by atoms with Crippen molar-refractivity contribution < 1.29 is 4.74 Å². The van der Waals surface area contributed by atoms with Crippen LogP contribution in [-0.4, -0.2) is 48.8 Å². The number of nitrogens with one attached hydrogen (secondary N) is 1. The lowest BCUT2D eigenvalue weighted by atomic mass is 9.93. The summed E-state index contributed by atoms with van der Waals surface area (Å²) in [5.41, 5.74) is -0.416. The van der Waals surface area contributed by atoms with Crippen molar-refractivity contribution >= 4 is 0 Å². The number of nitriles is 1. The molecular weight excluding hydrogens is 238 g/mol. The summed E-state index contributed by atoms with van der Waals surface area (Å²) in [6.45, 7) is 10.3. The van der Waals surface area contributed by atoms with Crippen LogP contribution in [0.25, 0.3) is 0 Å². The minimum Gasteiger partial charge on any atom is -0.383 e. The van der Waals surface area contributed by atoms with Crippen LogP contribution in [0, 0.1) is 11.3 Å². The molecular formula is C15H29N3O. The van der Waals surface area contributed by atoms with Gasteiger partial charge in [0.1, 0.15) is 5.54 Å². The Morgan fingerprint density at radius 2 is 2.05 bits per heavy atom. The molecule has 0 amide bonds. The molecule has 1 fully saturated rings. The number of hydrogen-bond donors (Lipinski definition) is 1. The van der Waals surface area contributed by atoms with E-state index in [2.05, 4.69) is 37.1 Å². The highest BCUT2D eigenvalue weighted by Gasteiger charge is 2.35. The predicted octanol–water partition coefficient (Wildman–Crippen LogP) is 2.16. The third kappa shape index (κ3) is 5.48. The maximum atomic E-state index is 9.45. The molecule has 0 aromatic rings. The van der Waals surface area contributed by atoms with E-state index in [1.165, 1.54) is 12.8 Å². The second-order valence-electron chi connectivity index (χ2n) is 6.24. The van der Waals surface area contributed by atoms with Crippen LogP contribution in [0.4, 0.5) is 0 Å². The van der Waals surface area contributed by atoms with E-state index in [-0.39, 0.29) is 0 Å². The topological polar surface area (TPSA) is 48.3 Å². The zero-order valence-corrected chi connectivity index (χ0v) is 13.1. The quantitative estimate of drug-likeness (QED) is 0.695. The van der Waals surface area contributed by atoms with Gasteiger partial charge in [-0.1, -0.05) is 0 Å². The first kappa shape index (κ1) is 16.4. The zero-order valence-electron chi connectivity index (χ0n) is 13.1. The predicted molar refractivity (Wildman–Crippen MR) is 78.0 cm³/mol. The third-order valence-electron chi connectivity index (χ3n) is 3.83. The average Bonchev–Trinajstić information content (AvgIpc) is 3.12. The van der Waals surface area contributed by atoms with Crippen molar-refractivity contribution in [2.75, 3.05) is 20.3 Å². The summed E-state index contributed by atoms with van der Waals surface area (Å²) in [4.78, 5) is 2.41. The van der Waals surface area contributed by atoms with Crippen molar-refractivity contribution in [3.05, 3.63) is 0 Å². The van der Waals surface area contributed by atoms with Crippen molar-refractivity contribution in [2.24, 2.45) is 0 Å². The normalized spacial score (nSPS) is 20.3. The Bertz CT molecular complexity index is 309. The second kappa shape index (κ2) is 7.23. The Hall–Kier alpha value is -0.630. The van der Waals surface area contributed by atoms with E-state index in [0.717, 1.165) is 19.6 Å². The molecule has 0 aromatic carbocycles. The first-order valence-electron chi connectivity index (χ1n) is 7.35. The van der Waals surface area contributed by atoms with Crippen LogP contribution < -0.4 is 5.32 Å². The van der Waals surface area contributed by atoms with Gasteiger partial charge in [0, 0.05) is 31.8 Å². The number of nitrogens with zero attached hydrogens (tertiary/aromatic N) is 2. The summed E-state index contributed by atoms with van der Waals surface area (Å²) in [6.07, 6.45) is 3.27. The molecule has 0 bridgehead atoms.